The molecule has 1 saturated carbocycles. The van der Waals surface area contributed by atoms with Crippen LogP contribution in [-0.4, -0.2) is 22.5 Å². The lowest BCUT2D eigenvalue weighted by Crippen LogP contribution is -2.59. The largest absolute Gasteiger partial charge is 0.409 e. The molecule has 1 aliphatic carbocycles. The van der Waals surface area contributed by atoms with Crippen LogP contribution in [0.1, 0.15) is 71.6 Å². The Hall–Kier alpha value is -1.26. The van der Waals surface area contributed by atoms with Crippen molar-refractivity contribution in [2.24, 2.45) is 16.8 Å². The quantitative estimate of drug-likeness (QED) is 0.314. The van der Waals surface area contributed by atoms with Crippen molar-refractivity contribution in [1.82, 2.24) is 5.32 Å². The first kappa shape index (κ1) is 16.8. The van der Waals surface area contributed by atoms with Gasteiger partial charge in [-0.2, -0.15) is 0 Å². The molecule has 0 aromatic heterocycles. The van der Waals surface area contributed by atoms with E-state index in [1.165, 1.54) is 6.42 Å². The molecule has 116 valence electrons. The summed E-state index contributed by atoms with van der Waals surface area (Å²) < 4.78 is 0. The van der Waals surface area contributed by atoms with E-state index in [1.807, 2.05) is 13.8 Å². The lowest BCUT2D eigenvalue weighted by Gasteiger charge is -2.36. The van der Waals surface area contributed by atoms with Gasteiger partial charge in [-0.15, -0.1) is 0 Å². The molecule has 1 fully saturated rings. The van der Waals surface area contributed by atoms with E-state index in [2.05, 4.69) is 10.5 Å². The maximum atomic E-state index is 12.4. The average Bonchev–Trinajstić information content (AvgIpc) is 2.42. The fraction of sp³-hybridized carbons (Fsp3) is 0.867. The monoisotopic (exact) mass is 283 g/mol. The molecule has 1 aliphatic rings. The lowest BCUT2D eigenvalue weighted by atomic mass is 9.82. The van der Waals surface area contributed by atoms with Crippen molar-refractivity contribution in [3.05, 3.63) is 0 Å². The van der Waals surface area contributed by atoms with Gasteiger partial charge in [0.05, 0.1) is 0 Å². The second-order valence-corrected chi connectivity index (χ2v) is 5.84. The Morgan fingerprint density at radius 3 is 2.15 bits per heavy atom. The number of nitrogens with two attached hydrogens (primary N) is 1. The van der Waals surface area contributed by atoms with E-state index in [1.54, 1.807) is 0 Å². The van der Waals surface area contributed by atoms with E-state index in [4.69, 9.17) is 10.9 Å². The predicted molar refractivity (Wildman–Crippen MR) is 80.7 cm³/mol. The highest BCUT2D eigenvalue weighted by atomic mass is 16.4. The number of nitrogens with one attached hydrogen (secondary N) is 1. The molecule has 5 heteroatoms. The molecule has 1 amide bonds. The Morgan fingerprint density at radius 1 is 1.20 bits per heavy atom. The first-order chi connectivity index (χ1) is 9.59. The van der Waals surface area contributed by atoms with Crippen molar-refractivity contribution in [2.45, 2.75) is 77.2 Å². The van der Waals surface area contributed by atoms with Gasteiger partial charge in [-0.25, -0.2) is 0 Å². The maximum absolute atomic E-state index is 12.4. The smallest absolute Gasteiger partial charge is 0.223 e. The average molecular weight is 283 g/mol. The summed E-state index contributed by atoms with van der Waals surface area (Å²) in [6.07, 6.45) is 8.65. The third-order valence-corrected chi connectivity index (χ3v) is 4.52. The minimum Gasteiger partial charge on any atom is -0.409 e. The second-order valence-electron chi connectivity index (χ2n) is 5.84. The Bertz CT molecular complexity index is 330. The maximum Gasteiger partial charge on any atom is 0.223 e. The number of nitrogens with zero attached hydrogens (tertiary/aromatic N) is 1. The van der Waals surface area contributed by atoms with Crippen LogP contribution in [0.3, 0.4) is 0 Å². The molecule has 0 aliphatic heterocycles. The fourth-order valence-electron chi connectivity index (χ4n) is 3.05. The molecule has 1 rings (SSSR count). The van der Waals surface area contributed by atoms with Crippen molar-refractivity contribution >= 4 is 11.7 Å². The third-order valence-electron chi connectivity index (χ3n) is 4.52. The summed E-state index contributed by atoms with van der Waals surface area (Å²) in [5.41, 5.74) is 5.26. The van der Waals surface area contributed by atoms with Crippen LogP contribution in [0.4, 0.5) is 0 Å². The summed E-state index contributed by atoms with van der Waals surface area (Å²) in [7, 11) is 0. The standard InChI is InChI=1S/C15H29N3O2/c1-3-12(4-2)13(19)17-15(14(16)18-20)10-8-6-5-7-9-11-15/h12,20H,3-11H2,1-2H3,(H2,16,18)(H,17,19). The van der Waals surface area contributed by atoms with E-state index in [0.29, 0.717) is 0 Å². The Labute approximate surface area is 122 Å². The number of amidine groups is 1. The number of hydrogen-bond donors (Lipinski definition) is 3. The zero-order valence-corrected chi connectivity index (χ0v) is 12.8. The minimum atomic E-state index is -0.658. The van der Waals surface area contributed by atoms with Gasteiger partial charge in [-0.3, -0.25) is 4.79 Å². The molecule has 20 heavy (non-hydrogen) atoms. The SMILES string of the molecule is CCC(CC)C(=O)NC1(/C(N)=N/O)CCCCCCC1. The molecular weight excluding hydrogens is 254 g/mol. The minimum absolute atomic E-state index is 0.00353. The van der Waals surface area contributed by atoms with Crippen LogP contribution >= 0.6 is 0 Å². The number of hydrogen-bond acceptors (Lipinski definition) is 3. The predicted octanol–water partition coefficient (Wildman–Crippen LogP) is 2.77. The summed E-state index contributed by atoms with van der Waals surface area (Å²) in [4.78, 5) is 12.4. The molecular formula is C15H29N3O2. The van der Waals surface area contributed by atoms with Crippen molar-refractivity contribution in [2.75, 3.05) is 0 Å². The van der Waals surface area contributed by atoms with E-state index < -0.39 is 5.54 Å². The molecule has 0 aromatic carbocycles. The number of oxime groups is 1. The van der Waals surface area contributed by atoms with Crippen LogP contribution in [0.2, 0.25) is 0 Å². The topological polar surface area (TPSA) is 87.7 Å². The van der Waals surface area contributed by atoms with Crippen molar-refractivity contribution in [3.8, 4) is 0 Å². The Kier molecular flexibility index (Phi) is 6.82. The normalized spacial score (nSPS) is 20.2. The summed E-state index contributed by atoms with van der Waals surface area (Å²) in [6, 6.07) is 0. The summed E-state index contributed by atoms with van der Waals surface area (Å²) in [5.74, 6) is 0.185. The molecule has 5 nitrogen and oxygen atoms in total. The van der Waals surface area contributed by atoms with Crippen molar-refractivity contribution in [1.29, 1.82) is 0 Å². The first-order valence-electron chi connectivity index (χ1n) is 7.89. The molecule has 4 N–H and O–H groups in total. The van der Waals surface area contributed by atoms with Gasteiger partial charge >= 0.3 is 0 Å². The van der Waals surface area contributed by atoms with Crippen LogP contribution in [0.15, 0.2) is 5.16 Å². The molecule has 0 aromatic rings. The van der Waals surface area contributed by atoms with E-state index in [0.717, 1.165) is 51.4 Å². The van der Waals surface area contributed by atoms with Crippen LogP contribution < -0.4 is 11.1 Å². The Balaban J connectivity index is 2.89. The molecule has 0 heterocycles. The van der Waals surface area contributed by atoms with Crippen LogP contribution in [0.25, 0.3) is 0 Å². The number of carbonyl (C=O) groups is 1. The highest BCUT2D eigenvalue weighted by Gasteiger charge is 2.37. The molecule has 0 unspecified atom stereocenters. The van der Waals surface area contributed by atoms with Gasteiger partial charge in [0.2, 0.25) is 5.91 Å². The van der Waals surface area contributed by atoms with Gasteiger partial charge in [0, 0.05) is 5.92 Å². The van der Waals surface area contributed by atoms with Crippen molar-refractivity contribution < 1.29 is 10.0 Å². The van der Waals surface area contributed by atoms with Gasteiger partial charge < -0.3 is 16.3 Å². The van der Waals surface area contributed by atoms with Crippen molar-refractivity contribution in [3.63, 3.8) is 0 Å². The molecule has 0 saturated heterocycles. The lowest BCUT2D eigenvalue weighted by molar-refractivity contribution is -0.126. The summed E-state index contributed by atoms with van der Waals surface area (Å²) in [6.45, 7) is 4.03. The molecule has 0 atom stereocenters. The van der Waals surface area contributed by atoms with Gasteiger partial charge in [0.15, 0.2) is 5.84 Å². The van der Waals surface area contributed by atoms with Gasteiger partial charge in [-0.05, 0) is 25.7 Å². The molecule has 0 bridgehead atoms. The van der Waals surface area contributed by atoms with Gasteiger partial charge in [0.25, 0.3) is 0 Å². The van der Waals surface area contributed by atoms with E-state index in [9.17, 15) is 4.79 Å². The summed E-state index contributed by atoms with van der Waals surface area (Å²) in [5, 5.41) is 15.4. The van der Waals surface area contributed by atoms with Crippen LogP contribution in [0.5, 0.6) is 0 Å². The number of carbonyl (C=O) groups excluding carboxylic acids is 1. The molecule has 0 radical (unpaired) electrons. The highest BCUT2D eigenvalue weighted by Crippen LogP contribution is 2.27. The number of rotatable bonds is 5. The van der Waals surface area contributed by atoms with E-state index in [-0.39, 0.29) is 17.7 Å². The first-order valence-corrected chi connectivity index (χ1v) is 7.89. The number of amides is 1. The molecule has 0 spiro atoms. The highest BCUT2D eigenvalue weighted by molar-refractivity contribution is 5.94. The Morgan fingerprint density at radius 2 is 1.70 bits per heavy atom. The summed E-state index contributed by atoms with van der Waals surface area (Å²) >= 11 is 0. The zero-order valence-electron chi connectivity index (χ0n) is 12.8. The van der Waals surface area contributed by atoms with E-state index >= 15 is 0 Å². The van der Waals surface area contributed by atoms with Gasteiger partial charge in [-0.1, -0.05) is 51.1 Å². The third kappa shape index (κ3) is 4.12. The van der Waals surface area contributed by atoms with Gasteiger partial charge in [0.1, 0.15) is 5.54 Å². The fourth-order valence-corrected chi connectivity index (χ4v) is 3.05. The van der Waals surface area contributed by atoms with Crippen LogP contribution in [0, 0.1) is 5.92 Å². The second kappa shape index (κ2) is 8.12. The zero-order chi connectivity index (χ0) is 15.0. The van der Waals surface area contributed by atoms with Crippen LogP contribution in [-0.2, 0) is 4.79 Å².